The van der Waals surface area contributed by atoms with Crippen LogP contribution in [0.4, 0.5) is 4.39 Å². The fourth-order valence-corrected chi connectivity index (χ4v) is 2.51. The summed E-state index contributed by atoms with van der Waals surface area (Å²) in [4.78, 5) is 20.5. The number of nitrogens with zero attached hydrogens (tertiary/aromatic N) is 2. The number of carbonyl (C=O) groups is 1. The Balaban J connectivity index is 1.81. The van der Waals surface area contributed by atoms with Gasteiger partial charge in [0.2, 0.25) is 0 Å². The number of nitrogens with one attached hydrogen (secondary N) is 1. The van der Waals surface area contributed by atoms with Gasteiger partial charge in [-0.3, -0.25) is 4.79 Å². The SMILES string of the molecule is C[C@H](NC(=O)c1cc(-c2ccc(Cl)c(F)c2)ncn1)c1ccccc1. The van der Waals surface area contributed by atoms with Crippen molar-refractivity contribution in [3.8, 4) is 11.3 Å². The number of rotatable bonds is 4. The van der Waals surface area contributed by atoms with E-state index in [-0.39, 0.29) is 22.7 Å². The normalized spacial score (nSPS) is 11.8. The molecule has 6 heteroatoms. The summed E-state index contributed by atoms with van der Waals surface area (Å²) < 4.78 is 13.6. The Morgan fingerprint density at radius 1 is 1.12 bits per heavy atom. The molecule has 1 atom stereocenters. The molecule has 3 aromatic rings. The van der Waals surface area contributed by atoms with Crippen LogP contribution in [0.15, 0.2) is 60.9 Å². The molecule has 2 aromatic carbocycles. The van der Waals surface area contributed by atoms with Gasteiger partial charge in [-0.25, -0.2) is 14.4 Å². The van der Waals surface area contributed by atoms with Crippen molar-refractivity contribution in [3.63, 3.8) is 0 Å². The van der Waals surface area contributed by atoms with Crippen LogP contribution in [0.3, 0.4) is 0 Å². The molecule has 4 nitrogen and oxygen atoms in total. The van der Waals surface area contributed by atoms with E-state index in [0.29, 0.717) is 11.3 Å². The summed E-state index contributed by atoms with van der Waals surface area (Å²) in [6.07, 6.45) is 1.28. The maximum absolute atomic E-state index is 13.6. The number of amides is 1. The van der Waals surface area contributed by atoms with Gasteiger partial charge in [0.05, 0.1) is 16.8 Å². The average molecular weight is 356 g/mol. The summed E-state index contributed by atoms with van der Waals surface area (Å²) in [5, 5.41) is 2.92. The highest BCUT2D eigenvalue weighted by Crippen LogP contribution is 2.23. The van der Waals surface area contributed by atoms with E-state index < -0.39 is 5.82 Å². The second kappa shape index (κ2) is 7.40. The van der Waals surface area contributed by atoms with Crippen LogP contribution in [0.2, 0.25) is 5.02 Å². The average Bonchev–Trinajstić information content (AvgIpc) is 2.64. The molecule has 0 saturated heterocycles. The number of hydrogen-bond acceptors (Lipinski definition) is 3. The highest BCUT2D eigenvalue weighted by Gasteiger charge is 2.14. The summed E-state index contributed by atoms with van der Waals surface area (Å²) >= 11 is 5.69. The van der Waals surface area contributed by atoms with Gasteiger partial charge in [-0.05, 0) is 30.7 Å². The molecule has 1 amide bonds. The lowest BCUT2D eigenvalue weighted by Crippen LogP contribution is -2.27. The Morgan fingerprint density at radius 2 is 1.88 bits per heavy atom. The van der Waals surface area contributed by atoms with E-state index in [1.54, 1.807) is 6.07 Å². The molecule has 0 bridgehead atoms. The molecule has 0 fully saturated rings. The smallest absolute Gasteiger partial charge is 0.270 e. The van der Waals surface area contributed by atoms with Crippen molar-refractivity contribution in [2.24, 2.45) is 0 Å². The highest BCUT2D eigenvalue weighted by atomic mass is 35.5. The molecular formula is C19H15ClFN3O. The number of benzene rings is 2. The van der Waals surface area contributed by atoms with E-state index in [2.05, 4.69) is 15.3 Å². The van der Waals surface area contributed by atoms with Crippen molar-refractivity contribution < 1.29 is 9.18 Å². The first-order valence-electron chi connectivity index (χ1n) is 7.68. The largest absolute Gasteiger partial charge is 0.344 e. The Hall–Kier alpha value is -2.79. The molecule has 3 rings (SSSR count). The summed E-state index contributed by atoms with van der Waals surface area (Å²) in [5.74, 6) is -0.865. The summed E-state index contributed by atoms with van der Waals surface area (Å²) in [6, 6.07) is 15.3. The minimum absolute atomic E-state index is 0.0347. The van der Waals surface area contributed by atoms with Crippen LogP contribution in [0.1, 0.15) is 29.0 Å². The van der Waals surface area contributed by atoms with Gasteiger partial charge in [0.25, 0.3) is 5.91 Å². The third kappa shape index (κ3) is 4.00. The van der Waals surface area contributed by atoms with E-state index in [1.165, 1.54) is 24.5 Å². The minimum Gasteiger partial charge on any atom is -0.344 e. The lowest BCUT2D eigenvalue weighted by molar-refractivity contribution is 0.0934. The number of hydrogen-bond donors (Lipinski definition) is 1. The highest BCUT2D eigenvalue weighted by molar-refractivity contribution is 6.30. The standard InChI is InChI=1S/C19H15ClFN3O/c1-12(13-5-3-2-4-6-13)24-19(25)18-10-17(22-11-23-18)14-7-8-15(20)16(21)9-14/h2-12H,1H3,(H,24,25)/t12-/m0/s1. The molecule has 0 aliphatic carbocycles. The van der Waals surface area contributed by atoms with Gasteiger partial charge in [0.15, 0.2) is 0 Å². The van der Waals surface area contributed by atoms with Gasteiger partial charge >= 0.3 is 0 Å². The molecule has 0 aliphatic heterocycles. The molecular weight excluding hydrogens is 341 g/mol. The first-order valence-corrected chi connectivity index (χ1v) is 8.05. The summed E-state index contributed by atoms with van der Waals surface area (Å²) in [5.41, 5.74) is 2.17. The summed E-state index contributed by atoms with van der Waals surface area (Å²) in [6.45, 7) is 1.89. The zero-order chi connectivity index (χ0) is 17.8. The predicted octanol–water partition coefficient (Wildman–Crippen LogP) is 4.43. The molecule has 0 saturated carbocycles. The third-order valence-corrected chi connectivity index (χ3v) is 4.07. The van der Waals surface area contributed by atoms with Crippen LogP contribution >= 0.6 is 11.6 Å². The maximum atomic E-state index is 13.6. The van der Waals surface area contributed by atoms with Crippen molar-refractivity contribution in [2.75, 3.05) is 0 Å². The first kappa shape index (κ1) is 17.0. The molecule has 25 heavy (non-hydrogen) atoms. The molecule has 1 N–H and O–H groups in total. The van der Waals surface area contributed by atoms with Crippen LogP contribution in [0.5, 0.6) is 0 Å². The van der Waals surface area contributed by atoms with E-state index >= 15 is 0 Å². The van der Waals surface area contributed by atoms with E-state index in [0.717, 1.165) is 5.56 Å². The van der Waals surface area contributed by atoms with Gasteiger partial charge < -0.3 is 5.32 Å². The zero-order valence-corrected chi connectivity index (χ0v) is 14.2. The van der Waals surface area contributed by atoms with Gasteiger partial charge in [-0.1, -0.05) is 48.0 Å². The molecule has 0 spiro atoms. The zero-order valence-electron chi connectivity index (χ0n) is 13.4. The van der Waals surface area contributed by atoms with Crippen LogP contribution in [-0.4, -0.2) is 15.9 Å². The van der Waals surface area contributed by atoms with Gasteiger partial charge in [-0.2, -0.15) is 0 Å². The van der Waals surface area contributed by atoms with Gasteiger partial charge in [0, 0.05) is 5.56 Å². The van der Waals surface area contributed by atoms with Crippen molar-refractivity contribution >= 4 is 17.5 Å². The second-order valence-electron chi connectivity index (χ2n) is 5.52. The number of carbonyl (C=O) groups excluding carboxylic acids is 1. The third-order valence-electron chi connectivity index (χ3n) is 3.76. The first-order chi connectivity index (χ1) is 12.0. The fraction of sp³-hybridized carbons (Fsp3) is 0.105. The molecule has 0 aliphatic rings. The van der Waals surface area contributed by atoms with E-state index in [9.17, 15) is 9.18 Å². The van der Waals surface area contributed by atoms with Crippen molar-refractivity contribution in [1.82, 2.24) is 15.3 Å². The molecule has 0 radical (unpaired) electrons. The van der Waals surface area contributed by atoms with Crippen molar-refractivity contribution in [1.29, 1.82) is 0 Å². The predicted molar refractivity (Wildman–Crippen MR) is 94.8 cm³/mol. The number of aromatic nitrogens is 2. The molecule has 0 unspecified atom stereocenters. The molecule has 1 aromatic heterocycles. The number of halogens is 2. The quantitative estimate of drug-likeness (QED) is 0.753. The van der Waals surface area contributed by atoms with E-state index in [1.807, 2.05) is 37.3 Å². The molecule has 1 heterocycles. The lowest BCUT2D eigenvalue weighted by Gasteiger charge is -2.14. The van der Waals surface area contributed by atoms with Crippen LogP contribution < -0.4 is 5.32 Å². The van der Waals surface area contributed by atoms with Gasteiger partial charge in [-0.15, -0.1) is 0 Å². The Bertz CT molecular complexity index is 902. The maximum Gasteiger partial charge on any atom is 0.270 e. The lowest BCUT2D eigenvalue weighted by atomic mass is 10.1. The fourth-order valence-electron chi connectivity index (χ4n) is 2.39. The summed E-state index contributed by atoms with van der Waals surface area (Å²) in [7, 11) is 0. The minimum atomic E-state index is -0.540. The Kier molecular flexibility index (Phi) is 5.05. The van der Waals surface area contributed by atoms with Crippen LogP contribution in [-0.2, 0) is 0 Å². The Morgan fingerprint density at radius 3 is 2.60 bits per heavy atom. The van der Waals surface area contributed by atoms with Crippen LogP contribution in [0.25, 0.3) is 11.3 Å². The van der Waals surface area contributed by atoms with E-state index in [4.69, 9.17) is 11.6 Å². The molecule has 126 valence electrons. The van der Waals surface area contributed by atoms with Gasteiger partial charge in [0.1, 0.15) is 17.8 Å². The van der Waals surface area contributed by atoms with Crippen molar-refractivity contribution in [3.05, 3.63) is 83.0 Å². The Labute approximate surface area is 149 Å². The van der Waals surface area contributed by atoms with Crippen molar-refractivity contribution in [2.45, 2.75) is 13.0 Å². The second-order valence-corrected chi connectivity index (χ2v) is 5.93. The monoisotopic (exact) mass is 355 g/mol. The van der Waals surface area contributed by atoms with Crippen LogP contribution in [0, 0.1) is 5.82 Å². The topological polar surface area (TPSA) is 54.9 Å².